The van der Waals surface area contributed by atoms with E-state index in [2.05, 4.69) is 51.2 Å². The highest BCUT2D eigenvalue weighted by Crippen LogP contribution is 2.25. The lowest BCUT2D eigenvalue weighted by atomic mass is 9.86. The van der Waals surface area contributed by atoms with E-state index in [1.807, 2.05) is 6.07 Å². The van der Waals surface area contributed by atoms with Crippen molar-refractivity contribution in [3.05, 3.63) is 29.8 Å². The van der Waals surface area contributed by atoms with E-state index < -0.39 is 0 Å². The Balaban J connectivity index is 2.75. The molecule has 108 valence electrons. The summed E-state index contributed by atoms with van der Waals surface area (Å²) >= 11 is 0. The normalized spacial score (nSPS) is 14.4. The van der Waals surface area contributed by atoms with Gasteiger partial charge in [-0.3, -0.25) is 0 Å². The average molecular weight is 263 g/mol. The molecule has 0 aliphatic rings. The first kappa shape index (κ1) is 16.0. The summed E-state index contributed by atoms with van der Waals surface area (Å²) in [6.07, 6.45) is 2.30. The molecule has 19 heavy (non-hydrogen) atoms. The Labute approximate surface area is 118 Å². The van der Waals surface area contributed by atoms with Crippen molar-refractivity contribution in [1.82, 2.24) is 5.32 Å². The number of benzene rings is 1. The summed E-state index contributed by atoms with van der Waals surface area (Å²) in [7, 11) is 1.75. The van der Waals surface area contributed by atoms with Crippen LogP contribution in [0.5, 0.6) is 5.75 Å². The van der Waals surface area contributed by atoms with Crippen LogP contribution in [0.2, 0.25) is 0 Å². The van der Waals surface area contributed by atoms with Crippen molar-refractivity contribution in [2.75, 3.05) is 13.7 Å². The minimum Gasteiger partial charge on any atom is -0.496 e. The molecule has 0 aliphatic carbocycles. The van der Waals surface area contributed by atoms with Crippen molar-refractivity contribution in [1.29, 1.82) is 0 Å². The molecule has 0 aromatic heterocycles. The maximum Gasteiger partial charge on any atom is 0.122 e. The zero-order valence-corrected chi connectivity index (χ0v) is 13.1. The lowest BCUT2D eigenvalue weighted by Gasteiger charge is -2.25. The fraction of sp³-hybridized carbons (Fsp3) is 0.647. The Morgan fingerprint density at radius 3 is 2.42 bits per heavy atom. The summed E-state index contributed by atoms with van der Waals surface area (Å²) in [5.74, 6) is 2.39. The van der Waals surface area contributed by atoms with Gasteiger partial charge in [0.05, 0.1) is 7.11 Å². The highest BCUT2D eigenvalue weighted by molar-refractivity contribution is 5.33. The molecular weight excluding hydrogens is 234 g/mol. The zero-order chi connectivity index (χ0) is 14.3. The first-order chi connectivity index (χ1) is 9.08. The van der Waals surface area contributed by atoms with Crippen LogP contribution in [-0.4, -0.2) is 19.7 Å². The van der Waals surface area contributed by atoms with E-state index in [4.69, 9.17) is 4.74 Å². The molecule has 1 aromatic carbocycles. The van der Waals surface area contributed by atoms with Gasteiger partial charge in [-0.1, -0.05) is 52.3 Å². The monoisotopic (exact) mass is 263 g/mol. The van der Waals surface area contributed by atoms with Crippen molar-refractivity contribution < 1.29 is 4.74 Å². The van der Waals surface area contributed by atoms with Crippen molar-refractivity contribution in [3.63, 3.8) is 0 Å². The second-order valence-corrected chi connectivity index (χ2v) is 5.72. The van der Waals surface area contributed by atoms with Crippen LogP contribution in [0.3, 0.4) is 0 Å². The highest BCUT2D eigenvalue weighted by atomic mass is 16.5. The van der Waals surface area contributed by atoms with E-state index in [0.717, 1.165) is 24.6 Å². The summed E-state index contributed by atoms with van der Waals surface area (Å²) in [6.45, 7) is 10.1. The van der Waals surface area contributed by atoms with Gasteiger partial charge in [-0.15, -0.1) is 0 Å². The summed E-state index contributed by atoms with van der Waals surface area (Å²) < 4.78 is 5.46. The summed E-state index contributed by atoms with van der Waals surface area (Å²) in [4.78, 5) is 0. The van der Waals surface area contributed by atoms with Crippen molar-refractivity contribution >= 4 is 0 Å². The molecule has 2 heteroatoms. The van der Waals surface area contributed by atoms with Crippen LogP contribution in [0.15, 0.2) is 24.3 Å². The number of ether oxygens (including phenoxy) is 1. The molecule has 0 heterocycles. The van der Waals surface area contributed by atoms with Gasteiger partial charge in [-0.25, -0.2) is 0 Å². The van der Waals surface area contributed by atoms with Crippen LogP contribution in [0, 0.1) is 11.8 Å². The van der Waals surface area contributed by atoms with Gasteiger partial charge in [0.2, 0.25) is 0 Å². The van der Waals surface area contributed by atoms with E-state index in [1.54, 1.807) is 7.11 Å². The predicted octanol–water partition coefficient (Wildman–Crippen LogP) is 3.90. The number of nitrogens with one attached hydrogen (secondary N) is 1. The van der Waals surface area contributed by atoms with Gasteiger partial charge in [0.25, 0.3) is 0 Å². The molecule has 0 bridgehead atoms. The lowest BCUT2D eigenvalue weighted by molar-refractivity contribution is 0.315. The standard InChI is InChI=1S/C17H29NO/c1-6-14(4)16(12-18-13(2)3)11-15-9-7-8-10-17(15)19-5/h7-10,13-14,16,18H,6,11-12H2,1-5H3. The molecule has 0 saturated heterocycles. The van der Waals surface area contributed by atoms with Crippen LogP contribution in [0.4, 0.5) is 0 Å². The minimum atomic E-state index is 0.546. The van der Waals surface area contributed by atoms with Gasteiger partial charge in [0.15, 0.2) is 0 Å². The van der Waals surface area contributed by atoms with E-state index in [1.165, 1.54) is 12.0 Å². The van der Waals surface area contributed by atoms with Gasteiger partial charge >= 0.3 is 0 Å². The Hall–Kier alpha value is -1.02. The molecule has 2 unspecified atom stereocenters. The largest absolute Gasteiger partial charge is 0.496 e. The van der Waals surface area contributed by atoms with Crippen LogP contribution >= 0.6 is 0 Å². The third kappa shape index (κ3) is 5.23. The first-order valence-electron chi connectivity index (χ1n) is 7.43. The molecule has 1 N–H and O–H groups in total. The molecule has 0 spiro atoms. The van der Waals surface area contributed by atoms with Gasteiger partial charge in [-0.2, -0.15) is 0 Å². The number of rotatable bonds is 8. The first-order valence-corrected chi connectivity index (χ1v) is 7.43. The average Bonchev–Trinajstić information content (AvgIpc) is 2.42. The topological polar surface area (TPSA) is 21.3 Å². The van der Waals surface area contributed by atoms with Crippen molar-refractivity contribution in [3.8, 4) is 5.75 Å². The van der Waals surface area contributed by atoms with Crippen molar-refractivity contribution in [2.45, 2.75) is 46.6 Å². The number of para-hydroxylation sites is 1. The second kappa shape index (κ2) is 8.21. The molecule has 0 radical (unpaired) electrons. The maximum absolute atomic E-state index is 5.46. The van der Waals surface area contributed by atoms with Gasteiger partial charge in [0, 0.05) is 6.04 Å². The number of hydrogen-bond acceptors (Lipinski definition) is 2. The van der Waals surface area contributed by atoms with Crippen LogP contribution in [0.1, 0.15) is 39.7 Å². The number of hydrogen-bond donors (Lipinski definition) is 1. The van der Waals surface area contributed by atoms with Crippen molar-refractivity contribution in [2.24, 2.45) is 11.8 Å². The Morgan fingerprint density at radius 1 is 1.16 bits per heavy atom. The van der Waals surface area contributed by atoms with E-state index in [9.17, 15) is 0 Å². The lowest BCUT2D eigenvalue weighted by Crippen LogP contribution is -2.33. The summed E-state index contributed by atoms with van der Waals surface area (Å²) in [5, 5.41) is 3.58. The van der Waals surface area contributed by atoms with Gasteiger partial charge in [-0.05, 0) is 36.4 Å². The molecule has 1 rings (SSSR count). The zero-order valence-electron chi connectivity index (χ0n) is 13.1. The van der Waals surface area contributed by atoms with E-state index in [-0.39, 0.29) is 0 Å². The fourth-order valence-electron chi connectivity index (χ4n) is 2.35. The maximum atomic E-state index is 5.46. The molecule has 2 nitrogen and oxygen atoms in total. The molecule has 0 aliphatic heterocycles. The fourth-order valence-corrected chi connectivity index (χ4v) is 2.35. The quantitative estimate of drug-likeness (QED) is 0.768. The highest BCUT2D eigenvalue weighted by Gasteiger charge is 2.18. The third-order valence-electron chi connectivity index (χ3n) is 3.91. The smallest absolute Gasteiger partial charge is 0.122 e. The molecule has 1 aromatic rings. The number of methoxy groups -OCH3 is 1. The SMILES string of the molecule is CCC(C)C(CNC(C)C)Cc1ccccc1OC. The third-order valence-corrected chi connectivity index (χ3v) is 3.91. The minimum absolute atomic E-state index is 0.546. The molecule has 0 fully saturated rings. The molecular formula is C17H29NO. The summed E-state index contributed by atoms with van der Waals surface area (Å²) in [6, 6.07) is 8.92. The summed E-state index contributed by atoms with van der Waals surface area (Å²) in [5.41, 5.74) is 1.32. The predicted molar refractivity (Wildman–Crippen MR) is 82.8 cm³/mol. The van der Waals surface area contributed by atoms with Crippen LogP contribution in [0.25, 0.3) is 0 Å². The van der Waals surface area contributed by atoms with Crippen LogP contribution in [-0.2, 0) is 6.42 Å². The Bertz CT molecular complexity index is 362. The Kier molecular flexibility index (Phi) is 6.93. The van der Waals surface area contributed by atoms with E-state index >= 15 is 0 Å². The molecule has 0 amide bonds. The van der Waals surface area contributed by atoms with E-state index in [0.29, 0.717) is 12.0 Å². The van der Waals surface area contributed by atoms with Gasteiger partial charge < -0.3 is 10.1 Å². The Morgan fingerprint density at radius 2 is 1.84 bits per heavy atom. The van der Waals surface area contributed by atoms with Gasteiger partial charge in [0.1, 0.15) is 5.75 Å². The molecule has 2 atom stereocenters. The van der Waals surface area contributed by atoms with Crippen LogP contribution < -0.4 is 10.1 Å². The second-order valence-electron chi connectivity index (χ2n) is 5.72. The molecule has 0 saturated carbocycles.